The van der Waals surface area contributed by atoms with Gasteiger partial charge in [0.25, 0.3) is 0 Å². The fourth-order valence-corrected chi connectivity index (χ4v) is 3.53. The second-order valence-corrected chi connectivity index (χ2v) is 8.46. The summed E-state index contributed by atoms with van der Waals surface area (Å²) in [6.45, 7) is 2.24. The van der Waals surface area contributed by atoms with E-state index in [9.17, 15) is 14.6 Å². The van der Waals surface area contributed by atoms with Gasteiger partial charge in [-0.05, 0) is 12.8 Å². The molecule has 0 aromatic heterocycles. The number of aliphatic hydroxyl groups is 1. The summed E-state index contributed by atoms with van der Waals surface area (Å²) in [4.78, 5) is 19.5. The molecule has 0 aliphatic heterocycles. The van der Waals surface area contributed by atoms with Crippen molar-refractivity contribution in [2.24, 2.45) is 0 Å². The molecular formula is C18H38NO4P. The molecule has 1 unspecified atom stereocenters. The van der Waals surface area contributed by atoms with Crippen LogP contribution < -0.4 is 10.6 Å². The van der Waals surface area contributed by atoms with Crippen LogP contribution in [0.15, 0.2) is 12.2 Å². The van der Waals surface area contributed by atoms with Crippen molar-refractivity contribution in [3.8, 4) is 0 Å². The zero-order chi connectivity index (χ0) is 18.3. The maximum absolute atomic E-state index is 10.7. The maximum Gasteiger partial charge on any atom is 0.138 e. The lowest BCUT2D eigenvalue weighted by Crippen LogP contribution is -2.67. The van der Waals surface area contributed by atoms with Crippen molar-refractivity contribution in [1.29, 1.82) is 0 Å². The molecule has 0 radical (unpaired) electrons. The van der Waals surface area contributed by atoms with Gasteiger partial charge in [-0.1, -0.05) is 83.3 Å². The number of unbranched alkanes of at least 4 members (excludes halogenated alkanes) is 11. The van der Waals surface area contributed by atoms with E-state index < -0.39 is 25.9 Å². The third-order valence-electron chi connectivity index (χ3n) is 4.26. The Labute approximate surface area is 147 Å². The van der Waals surface area contributed by atoms with E-state index in [0.29, 0.717) is 0 Å². The van der Waals surface area contributed by atoms with Crippen LogP contribution in [0, 0.1) is 0 Å². The average Bonchev–Trinajstić information content (AvgIpc) is 2.50. The van der Waals surface area contributed by atoms with Crippen molar-refractivity contribution in [1.82, 2.24) is 0 Å². The first-order valence-electron chi connectivity index (χ1n) is 9.57. The summed E-state index contributed by atoms with van der Waals surface area (Å²) in [5.74, 6) is 0. The Hall–Kier alpha value is -0.190. The van der Waals surface area contributed by atoms with Gasteiger partial charge in [0.1, 0.15) is 19.7 Å². The largest absolute Gasteiger partial charge is 0.778 e. The number of aliphatic hydroxyl groups excluding tert-OH is 1. The summed E-state index contributed by atoms with van der Waals surface area (Å²) >= 11 is 0. The van der Waals surface area contributed by atoms with E-state index in [0.717, 1.165) is 12.8 Å². The second kappa shape index (κ2) is 15.1. The number of quaternary nitrogens is 1. The third-order valence-corrected chi connectivity index (χ3v) is 5.19. The Balaban J connectivity index is 3.44. The molecule has 3 atom stereocenters. The molecule has 144 valence electrons. The molecule has 0 bridgehead atoms. The van der Waals surface area contributed by atoms with Gasteiger partial charge in [0, 0.05) is 0 Å². The Kier molecular flexibility index (Phi) is 15.0. The van der Waals surface area contributed by atoms with Gasteiger partial charge in [0.05, 0.1) is 6.16 Å². The van der Waals surface area contributed by atoms with E-state index >= 15 is 0 Å². The van der Waals surface area contributed by atoms with Crippen LogP contribution in [0.4, 0.5) is 0 Å². The highest BCUT2D eigenvalue weighted by Gasteiger charge is 2.20. The van der Waals surface area contributed by atoms with Crippen LogP contribution in [0.3, 0.4) is 0 Å². The highest BCUT2D eigenvalue weighted by atomic mass is 31.2. The van der Waals surface area contributed by atoms with E-state index in [1.165, 1.54) is 64.2 Å². The molecule has 24 heavy (non-hydrogen) atoms. The van der Waals surface area contributed by atoms with E-state index in [1.807, 2.05) is 6.08 Å². The van der Waals surface area contributed by atoms with E-state index in [-0.39, 0.29) is 0 Å². The zero-order valence-corrected chi connectivity index (χ0v) is 16.3. The summed E-state index contributed by atoms with van der Waals surface area (Å²) in [6.07, 6.45) is 17.3. The molecular weight excluding hydrogens is 325 g/mol. The lowest BCUT2D eigenvalue weighted by atomic mass is 10.0. The molecule has 0 aliphatic carbocycles. The monoisotopic (exact) mass is 363 g/mol. The van der Waals surface area contributed by atoms with Crippen molar-refractivity contribution >= 4 is 7.60 Å². The van der Waals surface area contributed by atoms with Crippen LogP contribution in [0.25, 0.3) is 0 Å². The van der Waals surface area contributed by atoms with Gasteiger partial charge >= 0.3 is 0 Å². The molecule has 0 rings (SSSR count). The molecule has 0 saturated carbocycles. The van der Waals surface area contributed by atoms with E-state index in [1.54, 1.807) is 6.08 Å². The van der Waals surface area contributed by atoms with Gasteiger partial charge in [0.15, 0.2) is 0 Å². The summed E-state index contributed by atoms with van der Waals surface area (Å²) in [5.41, 5.74) is 3.57. The standard InChI is InChI=1S/C18H38NO4P/c1-2-3-4-5-6-7-8-9-10-11-12-13-14-15-18(20)17(19)16-24(21,22)23/h14-15,17-18,20H,2-13,16,19H2,1H3,(H2,21,22,23)/b15-14+/t17-,18+/m0/s1. The second-order valence-electron chi connectivity index (χ2n) is 6.82. The Bertz CT molecular complexity index is 357. The lowest BCUT2D eigenvalue weighted by molar-refractivity contribution is -0.427. The predicted molar refractivity (Wildman–Crippen MR) is 97.6 cm³/mol. The fourth-order valence-electron chi connectivity index (χ4n) is 2.72. The molecule has 5 nitrogen and oxygen atoms in total. The van der Waals surface area contributed by atoms with Crippen molar-refractivity contribution in [3.05, 3.63) is 12.2 Å². The smallest absolute Gasteiger partial charge is 0.138 e. The first-order valence-corrected chi connectivity index (χ1v) is 11.3. The van der Waals surface area contributed by atoms with Gasteiger partial charge in [0.2, 0.25) is 0 Å². The van der Waals surface area contributed by atoms with Crippen molar-refractivity contribution in [2.45, 2.75) is 96.1 Å². The van der Waals surface area contributed by atoms with Gasteiger partial charge in [-0.3, -0.25) is 0 Å². The predicted octanol–water partition coefficient (Wildman–Crippen LogP) is 2.76. The average molecular weight is 363 g/mol. The molecule has 5 N–H and O–H groups in total. The first-order chi connectivity index (χ1) is 11.4. The lowest BCUT2D eigenvalue weighted by Gasteiger charge is -2.20. The SMILES string of the molecule is CCCCCCCCCCCCC/C=C/[C@@H](O)[C@@H]([NH3+])CP(=O)([O-])O. The van der Waals surface area contributed by atoms with Crippen LogP contribution in [0.5, 0.6) is 0 Å². The van der Waals surface area contributed by atoms with Crippen LogP contribution >= 0.6 is 7.60 Å². The summed E-state index contributed by atoms with van der Waals surface area (Å²) in [5, 5.41) is 9.74. The quantitative estimate of drug-likeness (QED) is 0.222. The van der Waals surface area contributed by atoms with Crippen LogP contribution in [-0.4, -0.2) is 28.3 Å². The molecule has 0 aliphatic rings. The molecule has 0 fully saturated rings. The normalized spacial score (nSPS) is 17.0. The zero-order valence-electron chi connectivity index (χ0n) is 15.4. The van der Waals surface area contributed by atoms with Crippen molar-refractivity contribution in [2.75, 3.05) is 6.16 Å². The number of hydrogen-bond acceptors (Lipinski definition) is 3. The Morgan fingerprint density at radius 2 is 1.46 bits per heavy atom. The highest BCUT2D eigenvalue weighted by Crippen LogP contribution is 2.29. The fraction of sp³-hybridized carbons (Fsp3) is 0.889. The van der Waals surface area contributed by atoms with E-state index in [4.69, 9.17) is 4.89 Å². The molecule has 0 amide bonds. The summed E-state index contributed by atoms with van der Waals surface area (Å²) in [6, 6.07) is -0.730. The van der Waals surface area contributed by atoms with Crippen LogP contribution in [0.1, 0.15) is 84.0 Å². The molecule has 6 heteroatoms. The van der Waals surface area contributed by atoms with Gasteiger partial charge in [-0.25, -0.2) is 0 Å². The molecule has 0 spiro atoms. The number of hydrogen-bond donors (Lipinski definition) is 3. The maximum atomic E-state index is 10.7. The van der Waals surface area contributed by atoms with Gasteiger partial charge in [-0.15, -0.1) is 0 Å². The van der Waals surface area contributed by atoms with Crippen molar-refractivity contribution < 1.29 is 25.2 Å². The summed E-state index contributed by atoms with van der Waals surface area (Å²) < 4.78 is 10.7. The molecule has 0 aromatic carbocycles. The van der Waals surface area contributed by atoms with Crippen LogP contribution in [0.2, 0.25) is 0 Å². The minimum atomic E-state index is -4.35. The minimum Gasteiger partial charge on any atom is -0.778 e. The van der Waals surface area contributed by atoms with Crippen molar-refractivity contribution in [3.63, 3.8) is 0 Å². The highest BCUT2D eigenvalue weighted by molar-refractivity contribution is 7.50. The van der Waals surface area contributed by atoms with Gasteiger partial charge < -0.3 is 25.2 Å². The Morgan fingerprint density at radius 1 is 1.00 bits per heavy atom. The number of allylic oxidation sites excluding steroid dienone is 1. The summed E-state index contributed by atoms with van der Waals surface area (Å²) in [7, 11) is -4.35. The van der Waals surface area contributed by atoms with E-state index in [2.05, 4.69) is 12.7 Å². The number of rotatable bonds is 16. The molecule has 0 aromatic rings. The third kappa shape index (κ3) is 16.7. The Morgan fingerprint density at radius 3 is 1.92 bits per heavy atom. The molecule has 0 heterocycles. The van der Waals surface area contributed by atoms with Crippen LogP contribution in [-0.2, 0) is 4.57 Å². The molecule has 0 saturated heterocycles. The van der Waals surface area contributed by atoms with Gasteiger partial charge in [-0.2, -0.15) is 0 Å². The minimum absolute atomic E-state index is 0.489. The first kappa shape index (κ1) is 23.8. The topological polar surface area (TPSA) is 108 Å².